The van der Waals surface area contributed by atoms with E-state index in [2.05, 4.69) is 265 Å². The van der Waals surface area contributed by atoms with Crippen molar-refractivity contribution in [2.24, 2.45) is 0 Å². The maximum atomic E-state index is 3.66. The summed E-state index contributed by atoms with van der Waals surface area (Å²) in [6, 6.07) is 72.8. The molecule has 0 aliphatic carbocycles. The quantitative estimate of drug-likeness (QED) is 0.106. The number of anilines is 7. The van der Waals surface area contributed by atoms with E-state index in [1.165, 1.54) is 32.8 Å². The van der Waals surface area contributed by atoms with Gasteiger partial charge >= 0.3 is 0 Å². The molecule has 0 radical (unpaired) electrons. The molecule has 64 heavy (non-hydrogen) atoms. The van der Waals surface area contributed by atoms with Gasteiger partial charge < -0.3 is 14.7 Å². The molecule has 0 saturated heterocycles. The van der Waals surface area contributed by atoms with Crippen LogP contribution in [0.2, 0.25) is 0 Å². The van der Waals surface area contributed by atoms with Crippen molar-refractivity contribution in [2.75, 3.05) is 27.8 Å². The summed E-state index contributed by atoms with van der Waals surface area (Å²) in [6.45, 7) is 8.47. The van der Waals surface area contributed by atoms with Gasteiger partial charge in [0.15, 0.2) is 0 Å². The maximum absolute atomic E-state index is 3.66. The zero-order chi connectivity index (χ0) is 43.4. The average molecular weight is 822 g/mol. The Morgan fingerprint density at radius 1 is 0.344 bits per heavy atom. The van der Waals surface area contributed by atoms with Crippen LogP contribution in [0.1, 0.15) is 41.7 Å². The minimum absolute atomic E-state index is 0.900. The highest BCUT2D eigenvalue weighted by molar-refractivity contribution is 6.27. The molecular formula is C61H47N3. The first-order chi connectivity index (χ1) is 31.6. The first-order valence-corrected chi connectivity index (χ1v) is 22.1. The molecule has 0 N–H and O–H groups in total. The first-order valence-electron chi connectivity index (χ1n) is 22.1. The fraction of sp³-hybridized carbons (Fsp3) is 0.0820. The smallest absolute Gasteiger partial charge is 0.0462 e. The number of rotatable bonds is 9. The van der Waals surface area contributed by atoms with Crippen LogP contribution in [0.15, 0.2) is 206 Å². The Kier molecular flexibility index (Phi) is 11.0. The second-order valence-electron chi connectivity index (χ2n) is 16.0. The monoisotopic (exact) mass is 821 g/mol. The van der Waals surface area contributed by atoms with Crippen LogP contribution in [0, 0.1) is 30.6 Å². The lowest BCUT2D eigenvalue weighted by Gasteiger charge is -2.25. The van der Waals surface area contributed by atoms with Crippen molar-refractivity contribution in [1.82, 2.24) is 0 Å². The molecule has 0 atom stereocenters. The summed E-state index contributed by atoms with van der Waals surface area (Å²) >= 11 is 0. The van der Waals surface area contributed by atoms with Crippen molar-refractivity contribution in [3.63, 3.8) is 0 Å². The van der Waals surface area contributed by atoms with Crippen molar-refractivity contribution in [3.05, 3.63) is 234 Å². The molecular weight excluding hydrogens is 775 g/mol. The molecule has 306 valence electrons. The summed E-state index contributed by atoms with van der Waals surface area (Å²) in [7, 11) is 0. The van der Waals surface area contributed by atoms with Crippen molar-refractivity contribution in [1.29, 1.82) is 0 Å². The molecule has 0 heterocycles. The molecule has 0 spiro atoms. The third-order valence-corrected chi connectivity index (χ3v) is 12.2. The minimum atomic E-state index is 0.900. The average Bonchev–Trinajstić information content (AvgIpc) is 3.35. The Balaban J connectivity index is 1.04. The van der Waals surface area contributed by atoms with Gasteiger partial charge in [-0.05, 0) is 157 Å². The molecule has 0 saturated carbocycles. The topological polar surface area (TPSA) is 9.72 Å². The van der Waals surface area contributed by atoms with Crippen LogP contribution in [0.3, 0.4) is 0 Å². The maximum Gasteiger partial charge on any atom is 0.0462 e. The molecule has 10 rings (SSSR count). The van der Waals surface area contributed by atoms with E-state index < -0.39 is 0 Å². The third kappa shape index (κ3) is 7.66. The van der Waals surface area contributed by atoms with Gasteiger partial charge in [0, 0.05) is 85.9 Å². The van der Waals surface area contributed by atoms with E-state index in [4.69, 9.17) is 0 Å². The van der Waals surface area contributed by atoms with Crippen molar-refractivity contribution >= 4 is 72.1 Å². The second kappa shape index (κ2) is 17.6. The molecule has 3 nitrogen and oxygen atoms in total. The van der Waals surface area contributed by atoms with E-state index in [9.17, 15) is 0 Å². The molecule has 0 aromatic heterocycles. The Morgan fingerprint density at radius 3 is 1.09 bits per heavy atom. The second-order valence-corrected chi connectivity index (χ2v) is 16.0. The molecule has 0 fully saturated rings. The molecule has 0 aliphatic heterocycles. The van der Waals surface area contributed by atoms with Gasteiger partial charge in [0.1, 0.15) is 0 Å². The standard InChI is InChI=1S/C61H47N3/c1-4-62(5-2)59-43-48(33-27-46-30-36-54(37-31-46)64(51-22-14-8-15-23-51)52-24-16-9-17-25-52)57-40-39-56-47(42-44(3)55-38-41-58(59)61(57)60(55)56)32-26-45-28-34-53(35-29-45)63(49-18-10-6-11-19-49)50-20-12-7-13-21-50/h6-25,28-31,34-43H,4-5H2,1-3H3. The lowest BCUT2D eigenvalue weighted by molar-refractivity contribution is 0.870. The van der Waals surface area contributed by atoms with Gasteiger partial charge in [0.2, 0.25) is 0 Å². The van der Waals surface area contributed by atoms with Crippen LogP contribution in [-0.4, -0.2) is 13.1 Å². The highest BCUT2D eigenvalue weighted by Gasteiger charge is 2.19. The fourth-order valence-corrected chi connectivity index (χ4v) is 9.05. The lowest BCUT2D eigenvalue weighted by Crippen LogP contribution is -2.22. The molecule has 0 amide bonds. The molecule has 0 unspecified atom stereocenters. The van der Waals surface area contributed by atoms with Gasteiger partial charge in [-0.15, -0.1) is 0 Å². The summed E-state index contributed by atoms with van der Waals surface area (Å²) in [5, 5.41) is 7.31. The first kappa shape index (κ1) is 39.9. The van der Waals surface area contributed by atoms with Crippen LogP contribution in [0.25, 0.3) is 32.3 Å². The van der Waals surface area contributed by atoms with Crippen LogP contribution < -0.4 is 14.7 Å². The van der Waals surface area contributed by atoms with E-state index in [0.717, 1.165) is 80.2 Å². The minimum Gasteiger partial charge on any atom is -0.372 e. The van der Waals surface area contributed by atoms with Crippen LogP contribution in [0.5, 0.6) is 0 Å². The van der Waals surface area contributed by atoms with Gasteiger partial charge in [-0.3, -0.25) is 0 Å². The SMILES string of the molecule is CCN(CC)c1cc(C#Cc2ccc(N(c3ccccc3)c3ccccc3)cc2)c2ccc3c(C#Cc4ccc(N(c5ccccc5)c5ccccc5)cc4)cc(C)c4ccc1c2c43. The summed E-state index contributed by atoms with van der Waals surface area (Å²) in [4.78, 5) is 6.99. The zero-order valence-electron chi connectivity index (χ0n) is 36.4. The Hall–Kier alpha value is -8.24. The number of hydrogen-bond donors (Lipinski definition) is 0. The fourth-order valence-electron chi connectivity index (χ4n) is 9.05. The third-order valence-electron chi connectivity index (χ3n) is 12.2. The molecule has 0 bridgehead atoms. The Morgan fingerprint density at radius 2 is 0.688 bits per heavy atom. The normalized spacial score (nSPS) is 10.9. The highest BCUT2D eigenvalue weighted by Crippen LogP contribution is 2.43. The summed E-state index contributed by atoms with van der Waals surface area (Å²) in [5.41, 5.74) is 13.0. The Bertz CT molecular complexity index is 3260. The summed E-state index contributed by atoms with van der Waals surface area (Å²) in [6.07, 6.45) is 0. The largest absolute Gasteiger partial charge is 0.372 e. The number of benzene rings is 10. The number of hydrogen-bond acceptors (Lipinski definition) is 3. The van der Waals surface area contributed by atoms with Crippen LogP contribution in [0.4, 0.5) is 39.8 Å². The van der Waals surface area contributed by atoms with Gasteiger partial charge in [0.05, 0.1) is 0 Å². The Labute approximate surface area is 376 Å². The number of para-hydroxylation sites is 4. The van der Waals surface area contributed by atoms with E-state index in [1.54, 1.807) is 0 Å². The molecule has 10 aromatic rings. The van der Waals surface area contributed by atoms with Crippen molar-refractivity contribution in [3.8, 4) is 23.7 Å². The van der Waals surface area contributed by atoms with E-state index in [0.29, 0.717) is 0 Å². The van der Waals surface area contributed by atoms with E-state index >= 15 is 0 Å². The summed E-state index contributed by atoms with van der Waals surface area (Å²) < 4.78 is 0. The number of aryl methyl sites for hydroxylation is 1. The van der Waals surface area contributed by atoms with Gasteiger partial charge in [-0.2, -0.15) is 0 Å². The van der Waals surface area contributed by atoms with Gasteiger partial charge in [-0.1, -0.05) is 121 Å². The van der Waals surface area contributed by atoms with Crippen LogP contribution in [-0.2, 0) is 0 Å². The van der Waals surface area contributed by atoms with E-state index in [-0.39, 0.29) is 0 Å². The van der Waals surface area contributed by atoms with Crippen molar-refractivity contribution in [2.45, 2.75) is 20.8 Å². The zero-order valence-corrected chi connectivity index (χ0v) is 36.4. The molecule has 3 heteroatoms. The van der Waals surface area contributed by atoms with E-state index in [1.807, 2.05) is 0 Å². The highest BCUT2D eigenvalue weighted by atomic mass is 15.1. The number of nitrogens with zero attached hydrogens (tertiary/aromatic N) is 3. The lowest BCUT2D eigenvalue weighted by atomic mass is 9.87. The predicted octanol–water partition coefficient (Wildman–Crippen LogP) is 15.5. The summed E-state index contributed by atoms with van der Waals surface area (Å²) in [5.74, 6) is 14.4. The van der Waals surface area contributed by atoms with Gasteiger partial charge in [0.25, 0.3) is 0 Å². The van der Waals surface area contributed by atoms with Gasteiger partial charge in [-0.25, -0.2) is 0 Å². The molecule has 10 aromatic carbocycles. The predicted molar refractivity (Wildman–Crippen MR) is 273 cm³/mol. The molecule has 0 aliphatic rings. The van der Waals surface area contributed by atoms with Crippen molar-refractivity contribution < 1.29 is 0 Å². The van der Waals surface area contributed by atoms with Crippen LogP contribution >= 0.6 is 0 Å².